The van der Waals surface area contributed by atoms with Crippen LogP contribution in [-0.2, 0) is 6.42 Å². The molecular formula is C25H25N3O2. The maximum atomic E-state index is 11.4. The van der Waals surface area contributed by atoms with Crippen molar-refractivity contribution in [2.24, 2.45) is 0 Å². The molecule has 1 aliphatic carbocycles. The molecule has 0 atom stereocenters. The third kappa shape index (κ3) is 4.06. The fourth-order valence-corrected chi connectivity index (χ4v) is 3.89. The van der Waals surface area contributed by atoms with Crippen molar-refractivity contribution < 1.29 is 9.90 Å². The number of pyridine rings is 1. The molecular weight excluding hydrogens is 374 g/mol. The molecule has 0 aliphatic heterocycles. The van der Waals surface area contributed by atoms with Gasteiger partial charge >= 0.3 is 5.97 Å². The summed E-state index contributed by atoms with van der Waals surface area (Å²) in [5.74, 6) is -0.957. The van der Waals surface area contributed by atoms with Crippen LogP contribution in [0.3, 0.4) is 0 Å². The number of carboxylic acids is 1. The maximum Gasteiger partial charge on any atom is 0.337 e. The van der Waals surface area contributed by atoms with Crippen molar-refractivity contribution in [2.75, 3.05) is 23.8 Å². The Hall–Kier alpha value is -3.60. The van der Waals surface area contributed by atoms with E-state index in [1.54, 1.807) is 6.20 Å². The van der Waals surface area contributed by atoms with Crippen molar-refractivity contribution in [3.8, 4) is 0 Å². The molecule has 1 heterocycles. The standard InChI is InChI=1S/C25H25N3O2/c1-17-5-3-8-20(13-17)28(2)21-9-10-22-18(14-21)6-4-7-19(22)15-27-24-16-26-12-11-23(24)25(29)30/h3,5,7-14,16,27H,4,6,15H2,1-2H3,(H,29,30). The van der Waals surface area contributed by atoms with Gasteiger partial charge in [0, 0.05) is 31.2 Å². The molecule has 2 aromatic carbocycles. The highest BCUT2D eigenvalue weighted by Crippen LogP contribution is 2.32. The molecule has 30 heavy (non-hydrogen) atoms. The molecule has 2 N–H and O–H groups in total. The molecule has 4 rings (SSSR count). The molecule has 5 heteroatoms. The number of hydrogen-bond acceptors (Lipinski definition) is 4. The Morgan fingerprint density at radius 3 is 2.80 bits per heavy atom. The zero-order valence-electron chi connectivity index (χ0n) is 17.2. The van der Waals surface area contributed by atoms with Crippen LogP contribution in [0.4, 0.5) is 17.1 Å². The largest absolute Gasteiger partial charge is 0.478 e. The van der Waals surface area contributed by atoms with Crippen LogP contribution in [0.1, 0.15) is 33.5 Å². The van der Waals surface area contributed by atoms with Crippen molar-refractivity contribution in [1.82, 2.24) is 4.98 Å². The predicted octanol–water partition coefficient (Wildman–Crippen LogP) is 5.30. The molecule has 0 unspecified atom stereocenters. The number of aromatic carboxylic acids is 1. The lowest BCUT2D eigenvalue weighted by molar-refractivity contribution is 0.0698. The number of carbonyl (C=O) groups is 1. The number of fused-ring (bicyclic) bond motifs is 1. The number of nitrogens with zero attached hydrogens (tertiary/aromatic N) is 2. The van der Waals surface area contributed by atoms with Crippen LogP contribution >= 0.6 is 0 Å². The van der Waals surface area contributed by atoms with Gasteiger partial charge in [0.25, 0.3) is 0 Å². The minimum atomic E-state index is -0.957. The van der Waals surface area contributed by atoms with Crippen LogP contribution in [0.15, 0.2) is 67.0 Å². The first kappa shape index (κ1) is 19.7. The molecule has 0 radical (unpaired) electrons. The van der Waals surface area contributed by atoms with Gasteiger partial charge in [0.2, 0.25) is 0 Å². The molecule has 1 aromatic heterocycles. The van der Waals surface area contributed by atoms with E-state index >= 15 is 0 Å². The van der Waals surface area contributed by atoms with Gasteiger partial charge in [-0.1, -0.05) is 24.3 Å². The maximum absolute atomic E-state index is 11.4. The summed E-state index contributed by atoms with van der Waals surface area (Å²) < 4.78 is 0. The fourth-order valence-electron chi connectivity index (χ4n) is 3.89. The number of benzene rings is 2. The van der Waals surface area contributed by atoms with Gasteiger partial charge in [-0.25, -0.2) is 4.79 Å². The molecule has 0 saturated carbocycles. The molecule has 0 fully saturated rings. The molecule has 0 spiro atoms. The van der Waals surface area contributed by atoms with Crippen molar-refractivity contribution >= 4 is 28.6 Å². The number of hydrogen-bond donors (Lipinski definition) is 2. The van der Waals surface area contributed by atoms with Crippen LogP contribution in [0.5, 0.6) is 0 Å². The Bertz CT molecular complexity index is 1120. The predicted molar refractivity (Wildman–Crippen MR) is 122 cm³/mol. The number of nitrogens with one attached hydrogen (secondary N) is 1. The monoisotopic (exact) mass is 399 g/mol. The summed E-state index contributed by atoms with van der Waals surface area (Å²) in [4.78, 5) is 17.7. The van der Waals surface area contributed by atoms with Crippen LogP contribution in [-0.4, -0.2) is 29.7 Å². The van der Waals surface area contributed by atoms with E-state index in [0.717, 1.165) is 18.5 Å². The van der Waals surface area contributed by atoms with Crippen LogP contribution in [0.25, 0.3) is 5.57 Å². The van der Waals surface area contributed by atoms with Crippen molar-refractivity contribution in [1.29, 1.82) is 0 Å². The Balaban J connectivity index is 1.55. The average Bonchev–Trinajstić information content (AvgIpc) is 2.76. The minimum absolute atomic E-state index is 0.233. The number of aryl methyl sites for hydroxylation is 2. The highest BCUT2D eigenvalue weighted by molar-refractivity contribution is 5.94. The lowest BCUT2D eigenvalue weighted by atomic mass is 9.90. The van der Waals surface area contributed by atoms with Crippen molar-refractivity contribution in [2.45, 2.75) is 19.8 Å². The first-order valence-corrected chi connectivity index (χ1v) is 10.1. The first-order valence-electron chi connectivity index (χ1n) is 10.1. The van der Waals surface area contributed by atoms with Crippen molar-refractivity contribution in [3.05, 3.63) is 89.3 Å². The second-order valence-electron chi connectivity index (χ2n) is 7.59. The molecule has 3 aromatic rings. The second kappa shape index (κ2) is 8.41. The Morgan fingerprint density at radius 1 is 1.17 bits per heavy atom. The fraction of sp³-hybridized carbons (Fsp3) is 0.200. The summed E-state index contributed by atoms with van der Waals surface area (Å²) in [7, 11) is 2.09. The van der Waals surface area contributed by atoms with E-state index in [0.29, 0.717) is 12.2 Å². The smallest absolute Gasteiger partial charge is 0.337 e. The number of rotatable bonds is 6. The van der Waals surface area contributed by atoms with E-state index in [1.807, 2.05) is 0 Å². The Labute approximate surface area is 176 Å². The lowest BCUT2D eigenvalue weighted by Crippen LogP contribution is -2.14. The third-order valence-electron chi connectivity index (χ3n) is 5.54. The van der Waals surface area contributed by atoms with Gasteiger partial charge in [-0.15, -0.1) is 0 Å². The van der Waals surface area contributed by atoms with Gasteiger partial charge in [-0.3, -0.25) is 4.98 Å². The Kier molecular flexibility index (Phi) is 5.53. The van der Waals surface area contributed by atoms with Gasteiger partial charge < -0.3 is 15.3 Å². The van der Waals surface area contributed by atoms with Gasteiger partial charge in [-0.05, 0) is 72.4 Å². The van der Waals surface area contributed by atoms with E-state index < -0.39 is 5.97 Å². The first-order chi connectivity index (χ1) is 14.5. The average molecular weight is 399 g/mol. The zero-order chi connectivity index (χ0) is 21.1. The summed E-state index contributed by atoms with van der Waals surface area (Å²) in [6.45, 7) is 2.67. The van der Waals surface area contributed by atoms with Gasteiger partial charge in [0.05, 0.1) is 17.4 Å². The summed E-state index contributed by atoms with van der Waals surface area (Å²) in [6.07, 6.45) is 7.27. The van der Waals surface area contributed by atoms with Crippen molar-refractivity contribution in [3.63, 3.8) is 0 Å². The highest BCUT2D eigenvalue weighted by atomic mass is 16.4. The third-order valence-corrected chi connectivity index (χ3v) is 5.54. The molecule has 152 valence electrons. The van der Waals surface area contributed by atoms with Gasteiger partial charge in [-0.2, -0.15) is 0 Å². The molecule has 1 aliphatic rings. The van der Waals surface area contributed by atoms with E-state index in [9.17, 15) is 9.90 Å². The van der Waals surface area contributed by atoms with E-state index in [2.05, 4.69) is 77.7 Å². The number of aromatic nitrogens is 1. The van der Waals surface area contributed by atoms with E-state index in [4.69, 9.17) is 0 Å². The minimum Gasteiger partial charge on any atom is -0.478 e. The highest BCUT2D eigenvalue weighted by Gasteiger charge is 2.16. The summed E-state index contributed by atoms with van der Waals surface area (Å²) in [6, 6.07) is 16.6. The second-order valence-corrected chi connectivity index (χ2v) is 7.59. The van der Waals surface area contributed by atoms with Crippen LogP contribution in [0.2, 0.25) is 0 Å². The van der Waals surface area contributed by atoms with Crippen LogP contribution < -0.4 is 10.2 Å². The number of carboxylic acid groups (broad SMARTS) is 1. The Morgan fingerprint density at radius 2 is 2.00 bits per heavy atom. The quantitative estimate of drug-likeness (QED) is 0.589. The van der Waals surface area contributed by atoms with E-state index in [-0.39, 0.29) is 5.56 Å². The number of allylic oxidation sites excluding steroid dienone is 1. The molecule has 0 bridgehead atoms. The van der Waals surface area contributed by atoms with E-state index in [1.165, 1.54) is 40.2 Å². The lowest BCUT2D eigenvalue weighted by Gasteiger charge is -2.24. The molecule has 0 saturated heterocycles. The topological polar surface area (TPSA) is 65.5 Å². The molecule has 0 amide bonds. The summed E-state index contributed by atoms with van der Waals surface area (Å²) in [5.41, 5.74) is 8.05. The van der Waals surface area contributed by atoms with Gasteiger partial charge in [0.15, 0.2) is 0 Å². The van der Waals surface area contributed by atoms with Gasteiger partial charge in [0.1, 0.15) is 0 Å². The molecule has 5 nitrogen and oxygen atoms in total. The summed E-state index contributed by atoms with van der Waals surface area (Å²) >= 11 is 0. The zero-order valence-corrected chi connectivity index (χ0v) is 17.2. The van der Waals surface area contributed by atoms with Crippen LogP contribution in [0, 0.1) is 6.92 Å². The number of anilines is 3. The summed E-state index contributed by atoms with van der Waals surface area (Å²) in [5, 5.41) is 12.6. The normalized spacial score (nSPS) is 12.7. The SMILES string of the molecule is Cc1cccc(N(C)c2ccc3c(c2)CCC=C3CNc2cnccc2C(=O)O)c1.